The fraction of sp³-hybridized carbons (Fsp3) is 0.917. The third-order valence-corrected chi connectivity index (χ3v) is 3.32. The topological polar surface area (TPSA) is 40.5 Å². The second kappa shape index (κ2) is 4.97. The van der Waals surface area contributed by atoms with Gasteiger partial charge in [-0.25, -0.2) is 0 Å². The van der Waals surface area contributed by atoms with Crippen molar-refractivity contribution < 1.29 is 9.90 Å². The molecule has 1 heterocycles. The Bertz CT molecular complexity index is 222. The Morgan fingerprint density at radius 3 is 2.53 bits per heavy atom. The number of likely N-dealkylation sites (tertiary alicyclic amines) is 1. The number of rotatable bonds is 3. The molecule has 1 unspecified atom stereocenters. The minimum Gasteiger partial charge on any atom is -0.388 e. The lowest BCUT2D eigenvalue weighted by molar-refractivity contribution is -0.142. The Morgan fingerprint density at radius 1 is 1.47 bits per heavy atom. The quantitative estimate of drug-likeness (QED) is 0.776. The lowest BCUT2D eigenvalue weighted by Crippen LogP contribution is -2.50. The van der Waals surface area contributed by atoms with Crippen LogP contribution in [0.5, 0.6) is 0 Å². The van der Waals surface area contributed by atoms with Crippen LogP contribution < -0.4 is 0 Å². The summed E-state index contributed by atoms with van der Waals surface area (Å²) in [7, 11) is 0. The van der Waals surface area contributed by atoms with Gasteiger partial charge in [-0.3, -0.25) is 4.79 Å². The van der Waals surface area contributed by atoms with E-state index in [0.29, 0.717) is 6.54 Å². The minimum absolute atomic E-state index is 0.138. The van der Waals surface area contributed by atoms with Gasteiger partial charge in [0.2, 0.25) is 5.91 Å². The summed E-state index contributed by atoms with van der Waals surface area (Å²) in [6.45, 7) is 7.23. The third-order valence-electron chi connectivity index (χ3n) is 3.32. The molecule has 1 N–H and O–H groups in total. The molecule has 1 fully saturated rings. The monoisotopic (exact) mass is 213 g/mol. The van der Waals surface area contributed by atoms with Crippen LogP contribution in [0.15, 0.2) is 0 Å². The largest absolute Gasteiger partial charge is 0.388 e. The summed E-state index contributed by atoms with van der Waals surface area (Å²) in [6, 6.07) is 0. The highest BCUT2D eigenvalue weighted by atomic mass is 16.3. The van der Waals surface area contributed by atoms with E-state index < -0.39 is 5.60 Å². The van der Waals surface area contributed by atoms with E-state index in [9.17, 15) is 9.90 Å². The maximum absolute atomic E-state index is 12.1. The highest BCUT2D eigenvalue weighted by Gasteiger charge is 2.32. The molecule has 88 valence electrons. The van der Waals surface area contributed by atoms with Gasteiger partial charge in [0.25, 0.3) is 0 Å². The van der Waals surface area contributed by atoms with Crippen LogP contribution in [-0.4, -0.2) is 34.6 Å². The highest BCUT2D eigenvalue weighted by Crippen LogP contribution is 2.23. The Labute approximate surface area is 92.5 Å². The zero-order valence-electron chi connectivity index (χ0n) is 10.1. The van der Waals surface area contributed by atoms with Crippen LogP contribution in [-0.2, 0) is 4.79 Å². The van der Waals surface area contributed by atoms with Crippen LogP contribution >= 0.6 is 0 Å². The molecular formula is C12H23NO2. The van der Waals surface area contributed by atoms with Crippen LogP contribution in [0, 0.1) is 5.92 Å². The summed E-state index contributed by atoms with van der Waals surface area (Å²) in [6.07, 6.45) is 3.51. The van der Waals surface area contributed by atoms with Crippen molar-refractivity contribution in [1.82, 2.24) is 4.90 Å². The predicted octanol–water partition coefficient (Wildman–Crippen LogP) is 1.80. The number of aliphatic hydroxyl groups is 1. The van der Waals surface area contributed by atoms with Gasteiger partial charge in [0, 0.05) is 19.0 Å². The van der Waals surface area contributed by atoms with Gasteiger partial charge >= 0.3 is 0 Å². The number of piperidine rings is 1. The van der Waals surface area contributed by atoms with Crippen molar-refractivity contribution in [2.24, 2.45) is 5.92 Å². The molecule has 0 aromatic rings. The maximum Gasteiger partial charge on any atom is 0.225 e. The number of carbonyl (C=O) groups is 1. The molecule has 1 saturated heterocycles. The first-order chi connectivity index (χ1) is 7.00. The van der Waals surface area contributed by atoms with Crippen LogP contribution in [0.2, 0.25) is 0 Å². The number of hydrogen-bond donors (Lipinski definition) is 1. The average molecular weight is 213 g/mol. The number of amides is 1. The number of carbonyl (C=O) groups excluding carboxylic acids is 1. The van der Waals surface area contributed by atoms with Gasteiger partial charge in [-0.2, -0.15) is 0 Å². The van der Waals surface area contributed by atoms with E-state index in [1.54, 1.807) is 0 Å². The maximum atomic E-state index is 12.1. The summed E-state index contributed by atoms with van der Waals surface area (Å²) < 4.78 is 0. The first kappa shape index (κ1) is 12.5. The summed E-state index contributed by atoms with van der Waals surface area (Å²) >= 11 is 0. The Hall–Kier alpha value is -0.570. The van der Waals surface area contributed by atoms with E-state index in [-0.39, 0.29) is 11.8 Å². The normalized spacial score (nSPS) is 27.1. The fourth-order valence-electron chi connectivity index (χ4n) is 2.30. The molecule has 0 radical (unpaired) electrons. The Balaban J connectivity index is 2.59. The van der Waals surface area contributed by atoms with Gasteiger partial charge in [-0.05, 0) is 32.6 Å². The Morgan fingerprint density at radius 2 is 2.07 bits per heavy atom. The molecule has 0 aromatic heterocycles. The minimum atomic E-state index is -0.681. The van der Waals surface area contributed by atoms with Crippen LogP contribution in [0.4, 0.5) is 0 Å². The molecule has 0 spiro atoms. The molecule has 3 nitrogen and oxygen atoms in total. The zero-order chi connectivity index (χ0) is 11.5. The lowest BCUT2D eigenvalue weighted by Gasteiger charge is -2.38. The van der Waals surface area contributed by atoms with E-state index in [4.69, 9.17) is 0 Å². The predicted molar refractivity (Wildman–Crippen MR) is 60.5 cm³/mol. The fourth-order valence-corrected chi connectivity index (χ4v) is 2.30. The van der Waals surface area contributed by atoms with Crippen molar-refractivity contribution in [3.63, 3.8) is 0 Å². The van der Waals surface area contributed by atoms with Crippen LogP contribution in [0.3, 0.4) is 0 Å². The molecule has 3 heteroatoms. The first-order valence-electron chi connectivity index (χ1n) is 6.01. The standard InChI is InChI=1S/C12H23NO2/c1-4-10(5-2)11(14)13-8-6-7-12(3,15)9-13/h10,15H,4-9H2,1-3H3. The van der Waals surface area contributed by atoms with Gasteiger partial charge in [-0.1, -0.05) is 13.8 Å². The second-order valence-corrected chi connectivity index (χ2v) is 4.87. The molecular weight excluding hydrogens is 190 g/mol. The van der Waals surface area contributed by atoms with Gasteiger partial charge in [0.1, 0.15) is 0 Å². The van der Waals surface area contributed by atoms with Crippen molar-refractivity contribution in [2.45, 2.75) is 52.1 Å². The van der Waals surface area contributed by atoms with Gasteiger partial charge < -0.3 is 10.0 Å². The van der Waals surface area contributed by atoms with Gasteiger partial charge in [-0.15, -0.1) is 0 Å². The van der Waals surface area contributed by atoms with E-state index in [2.05, 4.69) is 0 Å². The van der Waals surface area contributed by atoms with Crippen LogP contribution in [0.25, 0.3) is 0 Å². The number of nitrogens with zero attached hydrogens (tertiary/aromatic N) is 1. The molecule has 1 aliphatic heterocycles. The van der Waals surface area contributed by atoms with E-state index in [1.807, 2.05) is 25.7 Å². The summed E-state index contributed by atoms with van der Waals surface area (Å²) in [5.41, 5.74) is -0.681. The SMILES string of the molecule is CCC(CC)C(=O)N1CCCC(C)(O)C1. The summed E-state index contributed by atoms with van der Waals surface area (Å²) in [4.78, 5) is 13.9. The molecule has 15 heavy (non-hydrogen) atoms. The molecule has 1 rings (SSSR count). The van der Waals surface area contributed by atoms with Gasteiger partial charge in [0.05, 0.1) is 5.60 Å². The second-order valence-electron chi connectivity index (χ2n) is 4.87. The van der Waals surface area contributed by atoms with E-state index in [1.165, 1.54) is 0 Å². The first-order valence-corrected chi connectivity index (χ1v) is 6.01. The van der Waals surface area contributed by atoms with Crippen molar-refractivity contribution in [2.75, 3.05) is 13.1 Å². The van der Waals surface area contributed by atoms with Crippen molar-refractivity contribution in [3.8, 4) is 0 Å². The van der Waals surface area contributed by atoms with Gasteiger partial charge in [0.15, 0.2) is 0 Å². The molecule has 0 aromatic carbocycles. The van der Waals surface area contributed by atoms with Crippen molar-refractivity contribution in [3.05, 3.63) is 0 Å². The molecule has 1 atom stereocenters. The highest BCUT2D eigenvalue weighted by molar-refractivity contribution is 5.78. The smallest absolute Gasteiger partial charge is 0.225 e. The molecule has 1 amide bonds. The third kappa shape index (κ3) is 3.20. The van der Waals surface area contributed by atoms with Crippen molar-refractivity contribution >= 4 is 5.91 Å². The lowest BCUT2D eigenvalue weighted by atomic mass is 9.93. The molecule has 1 aliphatic rings. The number of hydrogen-bond acceptors (Lipinski definition) is 2. The van der Waals surface area contributed by atoms with Crippen molar-refractivity contribution in [1.29, 1.82) is 0 Å². The average Bonchev–Trinajstić information content (AvgIpc) is 2.18. The Kier molecular flexibility index (Phi) is 4.14. The van der Waals surface area contributed by atoms with E-state index >= 15 is 0 Å². The summed E-state index contributed by atoms with van der Waals surface area (Å²) in [5, 5.41) is 9.93. The van der Waals surface area contributed by atoms with E-state index in [0.717, 1.165) is 32.2 Å². The summed E-state index contributed by atoms with van der Waals surface area (Å²) in [5.74, 6) is 0.360. The zero-order valence-corrected chi connectivity index (χ0v) is 10.1. The molecule has 0 aliphatic carbocycles. The molecule has 0 bridgehead atoms. The molecule has 0 saturated carbocycles. The van der Waals surface area contributed by atoms with Crippen LogP contribution in [0.1, 0.15) is 46.5 Å². The number of β-amino-alcohol motifs (C(OH)–C–C–N with tert-alkyl or cyclic N) is 1.